The van der Waals surface area contributed by atoms with Crippen molar-refractivity contribution in [3.63, 3.8) is 0 Å². The zero-order valence-corrected chi connectivity index (χ0v) is 6.59. The van der Waals surface area contributed by atoms with Crippen LogP contribution in [0.2, 0.25) is 0 Å². The van der Waals surface area contributed by atoms with Gasteiger partial charge >= 0.3 is 0 Å². The molecule has 0 saturated heterocycles. The molecule has 0 saturated carbocycles. The summed E-state index contributed by atoms with van der Waals surface area (Å²) in [5.41, 5.74) is 0.407. The van der Waals surface area contributed by atoms with Crippen molar-refractivity contribution < 1.29 is 18.3 Å². The van der Waals surface area contributed by atoms with Gasteiger partial charge in [-0.1, -0.05) is 6.07 Å². The molecule has 1 aromatic rings. The van der Waals surface area contributed by atoms with Gasteiger partial charge in [0.2, 0.25) is 6.79 Å². The SMILES string of the molecule is FC(F)=Cc1ccc2c(c1)OCO2. The summed E-state index contributed by atoms with van der Waals surface area (Å²) in [6, 6.07) is 4.67. The topological polar surface area (TPSA) is 18.5 Å². The van der Waals surface area contributed by atoms with E-state index in [1.165, 1.54) is 6.07 Å². The van der Waals surface area contributed by atoms with Gasteiger partial charge in [0.1, 0.15) is 0 Å². The van der Waals surface area contributed by atoms with E-state index < -0.39 is 6.08 Å². The van der Waals surface area contributed by atoms with E-state index in [1.807, 2.05) is 0 Å². The van der Waals surface area contributed by atoms with Crippen LogP contribution >= 0.6 is 0 Å². The number of rotatable bonds is 1. The fraction of sp³-hybridized carbons (Fsp3) is 0.111. The molecule has 1 aliphatic rings. The van der Waals surface area contributed by atoms with Crippen molar-refractivity contribution in [3.8, 4) is 11.5 Å². The Bertz CT molecular complexity index is 357. The molecule has 0 radical (unpaired) electrons. The number of fused-ring (bicyclic) bond motifs is 1. The predicted molar refractivity (Wildman–Crippen MR) is 42.8 cm³/mol. The average Bonchev–Trinajstić information content (AvgIpc) is 2.49. The zero-order chi connectivity index (χ0) is 9.26. The largest absolute Gasteiger partial charge is 0.454 e. The third kappa shape index (κ3) is 1.61. The summed E-state index contributed by atoms with van der Waals surface area (Å²) < 4.78 is 33.8. The molecule has 0 aromatic heterocycles. The van der Waals surface area contributed by atoms with Gasteiger partial charge in [0, 0.05) is 6.08 Å². The zero-order valence-electron chi connectivity index (χ0n) is 6.59. The summed E-state index contributed by atoms with van der Waals surface area (Å²) in [7, 11) is 0. The lowest BCUT2D eigenvalue weighted by atomic mass is 10.2. The molecule has 0 amide bonds. The molecule has 2 rings (SSSR count). The van der Waals surface area contributed by atoms with Gasteiger partial charge in [0.15, 0.2) is 11.5 Å². The maximum atomic E-state index is 11.9. The number of hydrogen-bond donors (Lipinski definition) is 0. The van der Waals surface area contributed by atoms with E-state index in [1.54, 1.807) is 12.1 Å². The highest BCUT2D eigenvalue weighted by molar-refractivity contribution is 5.56. The van der Waals surface area contributed by atoms with Gasteiger partial charge in [-0.3, -0.25) is 0 Å². The Kier molecular flexibility index (Phi) is 1.88. The Morgan fingerprint density at radius 3 is 2.77 bits per heavy atom. The van der Waals surface area contributed by atoms with E-state index in [4.69, 9.17) is 9.47 Å². The molecular weight excluding hydrogens is 178 g/mol. The predicted octanol–water partition coefficient (Wildman–Crippen LogP) is 2.65. The first-order valence-corrected chi connectivity index (χ1v) is 3.68. The van der Waals surface area contributed by atoms with Crippen molar-refractivity contribution in [3.05, 3.63) is 29.8 Å². The second-order valence-corrected chi connectivity index (χ2v) is 2.55. The second-order valence-electron chi connectivity index (χ2n) is 2.55. The van der Waals surface area contributed by atoms with Gasteiger partial charge in [-0.25, -0.2) is 0 Å². The number of benzene rings is 1. The maximum Gasteiger partial charge on any atom is 0.270 e. The van der Waals surface area contributed by atoms with Crippen molar-refractivity contribution in [2.45, 2.75) is 0 Å². The van der Waals surface area contributed by atoms with E-state index in [9.17, 15) is 8.78 Å². The molecule has 1 aromatic carbocycles. The van der Waals surface area contributed by atoms with Crippen molar-refractivity contribution in [2.24, 2.45) is 0 Å². The van der Waals surface area contributed by atoms with Crippen LogP contribution < -0.4 is 9.47 Å². The van der Waals surface area contributed by atoms with Crippen LogP contribution in [-0.4, -0.2) is 6.79 Å². The normalized spacial score (nSPS) is 12.8. The van der Waals surface area contributed by atoms with Gasteiger partial charge in [0.05, 0.1) is 0 Å². The summed E-state index contributed by atoms with van der Waals surface area (Å²) in [5.74, 6) is 1.10. The van der Waals surface area contributed by atoms with Crippen LogP contribution in [0.25, 0.3) is 6.08 Å². The van der Waals surface area contributed by atoms with E-state index in [0.29, 0.717) is 17.1 Å². The van der Waals surface area contributed by atoms with E-state index >= 15 is 0 Å². The number of hydrogen-bond acceptors (Lipinski definition) is 2. The summed E-state index contributed by atoms with van der Waals surface area (Å²) in [6.45, 7) is 0.153. The second kappa shape index (κ2) is 3.05. The maximum absolute atomic E-state index is 11.9. The molecule has 0 fully saturated rings. The van der Waals surface area contributed by atoms with Crippen LogP contribution in [0.1, 0.15) is 5.56 Å². The smallest absolute Gasteiger partial charge is 0.270 e. The minimum Gasteiger partial charge on any atom is -0.454 e. The van der Waals surface area contributed by atoms with Crippen molar-refractivity contribution in [1.29, 1.82) is 0 Å². The fourth-order valence-corrected chi connectivity index (χ4v) is 1.13. The minimum absolute atomic E-state index is 0.153. The summed E-state index contributed by atoms with van der Waals surface area (Å²) in [4.78, 5) is 0. The Balaban J connectivity index is 2.36. The van der Waals surface area contributed by atoms with Gasteiger partial charge in [-0.2, -0.15) is 8.78 Å². The van der Waals surface area contributed by atoms with Crippen LogP contribution in [0.4, 0.5) is 8.78 Å². The Labute approximate surface area is 73.4 Å². The molecule has 0 unspecified atom stereocenters. The highest BCUT2D eigenvalue weighted by Gasteiger charge is 2.12. The molecule has 2 nitrogen and oxygen atoms in total. The van der Waals surface area contributed by atoms with E-state index in [0.717, 1.165) is 6.08 Å². The van der Waals surface area contributed by atoms with Crippen molar-refractivity contribution in [1.82, 2.24) is 0 Å². The first-order chi connectivity index (χ1) is 6.25. The highest BCUT2D eigenvalue weighted by Crippen LogP contribution is 2.33. The molecule has 1 heterocycles. The monoisotopic (exact) mass is 184 g/mol. The molecule has 1 aliphatic heterocycles. The average molecular weight is 184 g/mol. The first-order valence-electron chi connectivity index (χ1n) is 3.68. The third-order valence-corrected chi connectivity index (χ3v) is 1.67. The van der Waals surface area contributed by atoms with Crippen LogP contribution in [0.3, 0.4) is 0 Å². The van der Waals surface area contributed by atoms with Gasteiger partial charge in [0.25, 0.3) is 6.08 Å². The first kappa shape index (κ1) is 8.04. The van der Waals surface area contributed by atoms with Crippen LogP contribution in [0.15, 0.2) is 24.3 Å². The lowest BCUT2D eigenvalue weighted by molar-refractivity contribution is 0.174. The summed E-state index contributed by atoms with van der Waals surface area (Å²) in [5, 5.41) is 0. The quantitative estimate of drug-likeness (QED) is 0.667. The molecule has 0 N–H and O–H groups in total. The lowest BCUT2D eigenvalue weighted by Crippen LogP contribution is -1.92. The standard InChI is InChI=1S/C9H6F2O2/c10-9(11)4-6-1-2-7-8(3-6)13-5-12-7/h1-4H,5H2. The van der Waals surface area contributed by atoms with Crippen molar-refractivity contribution in [2.75, 3.05) is 6.79 Å². The Hall–Kier alpha value is -1.58. The van der Waals surface area contributed by atoms with Gasteiger partial charge in [-0.05, 0) is 17.7 Å². The van der Waals surface area contributed by atoms with Gasteiger partial charge < -0.3 is 9.47 Å². The Morgan fingerprint density at radius 1 is 1.23 bits per heavy atom. The number of ether oxygens (including phenoxy) is 2. The Morgan fingerprint density at radius 2 is 2.00 bits per heavy atom. The molecule has 68 valence electrons. The number of halogens is 2. The minimum atomic E-state index is -1.72. The van der Waals surface area contributed by atoms with E-state index in [2.05, 4.69) is 0 Å². The molecule has 0 bridgehead atoms. The molecule has 4 heteroatoms. The highest BCUT2D eigenvalue weighted by atomic mass is 19.3. The van der Waals surface area contributed by atoms with Gasteiger partial charge in [-0.15, -0.1) is 0 Å². The molecule has 0 aliphatic carbocycles. The van der Waals surface area contributed by atoms with Crippen molar-refractivity contribution >= 4 is 6.08 Å². The van der Waals surface area contributed by atoms with Crippen LogP contribution in [0, 0.1) is 0 Å². The fourth-order valence-electron chi connectivity index (χ4n) is 1.13. The lowest BCUT2D eigenvalue weighted by Gasteiger charge is -1.96. The third-order valence-electron chi connectivity index (χ3n) is 1.67. The van der Waals surface area contributed by atoms with E-state index in [-0.39, 0.29) is 6.79 Å². The molecule has 0 atom stereocenters. The molecular formula is C9H6F2O2. The summed E-state index contributed by atoms with van der Waals surface area (Å²) >= 11 is 0. The molecule has 0 spiro atoms. The van der Waals surface area contributed by atoms with Crippen LogP contribution in [0.5, 0.6) is 11.5 Å². The molecule has 13 heavy (non-hydrogen) atoms. The summed E-state index contributed by atoms with van der Waals surface area (Å²) in [6.07, 6.45) is -0.944. The van der Waals surface area contributed by atoms with Crippen LogP contribution in [-0.2, 0) is 0 Å².